The lowest BCUT2D eigenvalue weighted by Crippen LogP contribution is -2.33. The summed E-state index contributed by atoms with van der Waals surface area (Å²) in [6.45, 7) is 1.39. The molecule has 1 aromatic carbocycles. The summed E-state index contributed by atoms with van der Waals surface area (Å²) in [6.07, 6.45) is -4.54. The van der Waals surface area contributed by atoms with Crippen LogP contribution in [0.4, 0.5) is 18.9 Å². The van der Waals surface area contributed by atoms with Crippen LogP contribution in [0.1, 0.15) is 12.5 Å². The van der Waals surface area contributed by atoms with E-state index in [4.69, 9.17) is 5.73 Å². The van der Waals surface area contributed by atoms with Gasteiger partial charge in [0.25, 0.3) is 0 Å². The smallest absolute Gasteiger partial charge is 0.324 e. The molecule has 0 spiro atoms. The van der Waals surface area contributed by atoms with Crippen LogP contribution in [0.2, 0.25) is 0 Å². The van der Waals surface area contributed by atoms with Gasteiger partial charge in [-0.05, 0) is 25.1 Å². The van der Waals surface area contributed by atoms with Gasteiger partial charge in [0.05, 0.1) is 17.3 Å². The van der Waals surface area contributed by atoms with Crippen molar-refractivity contribution in [1.29, 1.82) is 0 Å². The summed E-state index contributed by atoms with van der Waals surface area (Å²) in [5, 5.41) is 2.14. The minimum atomic E-state index is -4.54. The highest BCUT2D eigenvalue weighted by Gasteiger charge is 2.34. The Morgan fingerprint density at radius 1 is 1.47 bits per heavy atom. The van der Waals surface area contributed by atoms with E-state index in [0.29, 0.717) is 0 Å². The zero-order chi connectivity index (χ0) is 13.2. The van der Waals surface area contributed by atoms with Gasteiger partial charge in [0, 0.05) is 4.47 Å². The molecule has 94 valence electrons. The predicted octanol–water partition coefficient (Wildman–Crippen LogP) is 2.75. The van der Waals surface area contributed by atoms with Gasteiger partial charge in [0.1, 0.15) is 0 Å². The lowest BCUT2D eigenvalue weighted by atomic mass is 10.1. The summed E-state index contributed by atoms with van der Waals surface area (Å²) >= 11 is 2.95. The van der Waals surface area contributed by atoms with Crippen molar-refractivity contribution < 1.29 is 18.0 Å². The van der Waals surface area contributed by atoms with Gasteiger partial charge in [-0.1, -0.05) is 15.9 Å². The summed E-state index contributed by atoms with van der Waals surface area (Å²) in [6, 6.07) is 2.61. The van der Waals surface area contributed by atoms with Crippen LogP contribution in [0.3, 0.4) is 0 Å². The van der Waals surface area contributed by atoms with E-state index in [1.54, 1.807) is 0 Å². The normalized spacial score (nSPS) is 13.3. The zero-order valence-electron chi connectivity index (χ0n) is 8.81. The number of carbonyl (C=O) groups excluding carboxylic acids is 1. The molecule has 1 rings (SSSR count). The van der Waals surface area contributed by atoms with Crippen LogP contribution >= 0.6 is 15.9 Å². The average Bonchev–Trinajstić information content (AvgIpc) is 2.18. The molecule has 1 atom stereocenters. The van der Waals surface area contributed by atoms with Crippen molar-refractivity contribution in [2.24, 2.45) is 5.73 Å². The Balaban J connectivity index is 3.12. The Labute approximate surface area is 104 Å². The lowest BCUT2D eigenvalue weighted by molar-refractivity contribution is -0.137. The van der Waals surface area contributed by atoms with Crippen molar-refractivity contribution in [3.05, 3.63) is 28.2 Å². The van der Waals surface area contributed by atoms with Crippen molar-refractivity contribution in [3.63, 3.8) is 0 Å². The maximum atomic E-state index is 12.7. The minimum absolute atomic E-state index is 0.281. The third kappa shape index (κ3) is 3.71. The number of hydrogen-bond acceptors (Lipinski definition) is 2. The van der Waals surface area contributed by atoms with Crippen molar-refractivity contribution in [3.8, 4) is 0 Å². The number of carbonyl (C=O) groups is 1. The summed E-state index contributed by atoms with van der Waals surface area (Å²) in [7, 11) is 0. The van der Waals surface area contributed by atoms with Crippen LogP contribution in [-0.2, 0) is 11.0 Å². The van der Waals surface area contributed by atoms with Crippen molar-refractivity contribution in [2.75, 3.05) is 5.32 Å². The minimum Gasteiger partial charge on any atom is -0.324 e. The molecule has 0 aliphatic carbocycles. The van der Waals surface area contributed by atoms with E-state index in [9.17, 15) is 18.0 Å². The van der Waals surface area contributed by atoms with Crippen molar-refractivity contribution in [2.45, 2.75) is 19.1 Å². The van der Waals surface area contributed by atoms with E-state index in [-0.39, 0.29) is 10.2 Å². The predicted molar refractivity (Wildman–Crippen MR) is 61.4 cm³/mol. The molecule has 1 aromatic rings. The van der Waals surface area contributed by atoms with E-state index >= 15 is 0 Å². The van der Waals surface area contributed by atoms with Crippen LogP contribution in [0.25, 0.3) is 0 Å². The van der Waals surface area contributed by atoms with Crippen LogP contribution in [0.15, 0.2) is 22.7 Å². The van der Waals surface area contributed by atoms with Gasteiger partial charge in [-0.3, -0.25) is 4.79 Å². The Morgan fingerprint density at radius 3 is 2.53 bits per heavy atom. The third-order valence-corrected chi connectivity index (χ3v) is 2.45. The zero-order valence-corrected chi connectivity index (χ0v) is 10.4. The van der Waals surface area contributed by atoms with Crippen molar-refractivity contribution >= 4 is 27.5 Å². The Bertz CT molecular complexity index is 432. The average molecular weight is 311 g/mol. The van der Waals surface area contributed by atoms with Crippen LogP contribution in [-0.4, -0.2) is 11.9 Å². The third-order valence-electron chi connectivity index (χ3n) is 1.96. The highest BCUT2D eigenvalue weighted by Crippen LogP contribution is 2.36. The molecular formula is C10H10BrF3N2O. The molecule has 0 saturated heterocycles. The maximum Gasteiger partial charge on any atom is 0.418 e. The molecular weight excluding hydrogens is 301 g/mol. The Kier molecular flexibility index (Phi) is 4.16. The quantitative estimate of drug-likeness (QED) is 0.882. The number of halogens is 4. The fourth-order valence-corrected chi connectivity index (χ4v) is 1.47. The maximum absolute atomic E-state index is 12.7. The molecule has 3 N–H and O–H groups in total. The first-order valence-corrected chi connectivity index (χ1v) is 5.44. The van der Waals surface area contributed by atoms with Gasteiger partial charge >= 0.3 is 6.18 Å². The first-order chi connectivity index (χ1) is 7.71. The van der Waals surface area contributed by atoms with Gasteiger partial charge < -0.3 is 11.1 Å². The summed E-state index contributed by atoms with van der Waals surface area (Å²) < 4.78 is 38.3. The van der Waals surface area contributed by atoms with E-state index in [1.807, 2.05) is 0 Å². The molecule has 0 aliphatic rings. The lowest BCUT2D eigenvalue weighted by Gasteiger charge is -2.15. The second-order valence-corrected chi connectivity index (χ2v) is 4.38. The number of benzene rings is 1. The van der Waals surface area contributed by atoms with Crippen molar-refractivity contribution in [1.82, 2.24) is 0 Å². The molecule has 0 fully saturated rings. The number of hydrogen-bond donors (Lipinski definition) is 2. The summed E-state index contributed by atoms with van der Waals surface area (Å²) in [5.41, 5.74) is 4.05. The Morgan fingerprint density at radius 2 is 2.06 bits per heavy atom. The number of rotatable bonds is 2. The first kappa shape index (κ1) is 14.0. The standard InChI is InChI=1S/C10H10BrF3N2O/c1-5(15)9(17)16-8-3-2-6(11)4-7(8)10(12,13)14/h2-5H,15H2,1H3,(H,16,17)/t5-/m0/s1. The molecule has 3 nitrogen and oxygen atoms in total. The molecule has 0 unspecified atom stereocenters. The summed E-state index contributed by atoms with van der Waals surface area (Å²) in [4.78, 5) is 11.3. The van der Waals surface area contributed by atoms with E-state index in [2.05, 4.69) is 21.2 Å². The molecule has 0 aliphatic heterocycles. The Hall–Kier alpha value is -1.08. The van der Waals surface area contributed by atoms with Gasteiger partial charge in [0.2, 0.25) is 5.91 Å². The number of nitrogens with two attached hydrogens (primary N) is 1. The van der Waals surface area contributed by atoms with Crippen LogP contribution in [0, 0.1) is 0 Å². The topological polar surface area (TPSA) is 55.1 Å². The summed E-state index contributed by atoms with van der Waals surface area (Å²) in [5.74, 6) is -0.669. The number of anilines is 1. The van der Waals surface area contributed by atoms with E-state index < -0.39 is 23.7 Å². The van der Waals surface area contributed by atoms with Gasteiger partial charge in [-0.2, -0.15) is 13.2 Å². The number of nitrogens with one attached hydrogen (secondary N) is 1. The SMILES string of the molecule is C[C@H](N)C(=O)Nc1ccc(Br)cc1C(F)(F)F. The fraction of sp³-hybridized carbons (Fsp3) is 0.300. The monoisotopic (exact) mass is 310 g/mol. The first-order valence-electron chi connectivity index (χ1n) is 4.65. The second-order valence-electron chi connectivity index (χ2n) is 3.47. The molecule has 0 radical (unpaired) electrons. The molecule has 1 amide bonds. The van der Waals surface area contributed by atoms with E-state index in [0.717, 1.165) is 6.07 Å². The molecule has 0 aromatic heterocycles. The molecule has 0 bridgehead atoms. The van der Waals surface area contributed by atoms with Gasteiger partial charge in [-0.25, -0.2) is 0 Å². The fourth-order valence-electron chi connectivity index (χ4n) is 1.11. The number of alkyl halides is 3. The molecule has 17 heavy (non-hydrogen) atoms. The molecule has 7 heteroatoms. The molecule has 0 heterocycles. The number of amides is 1. The van der Waals surface area contributed by atoms with E-state index in [1.165, 1.54) is 19.1 Å². The molecule has 0 saturated carbocycles. The van der Waals surface area contributed by atoms with Crippen LogP contribution in [0.5, 0.6) is 0 Å². The highest BCUT2D eigenvalue weighted by atomic mass is 79.9. The van der Waals surface area contributed by atoms with Gasteiger partial charge in [0.15, 0.2) is 0 Å². The van der Waals surface area contributed by atoms with Crippen LogP contribution < -0.4 is 11.1 Å². The highest BCUT2D eigenvalue weighted by molar-refractivity contribution is 9.10. The van der Waals surface area contributed by atoms with Gasteiger partial charge in [-0.15, -0.1) is 0 Å². The second kappa shape index (κ2) is 5.05. The largest absolute Gasteiger partial charge is 0.418 e.